The largest absolute Gasteiger partial charge is 0.480 e. The highest BCUT2D eigenvalue weighted by Gasteiger charge is 2.23. The zero-order valence-electron chi connectivity index (χ0n) is 23.9. The average Bonchev–Trinajstić information content (AvgIpc) is 3.32. The van der Waals surface area contributed by atoms with E-state index in [-0.39, 0.29) is 11.6 Å². The highest BCUT2D eigenvalue weighted by atomic mass is 32.2. The van der Waals surface area contributed by atoms with E-state index in [9.17, 15) is 17.2 Å². The summed E-state index contributed by atoms with van der Waals surface area (Å²) in [6.07, 6.45) is 1.57. The van der Waals surface area contributed by atoms with Crippen molar-refractivity contribution >= 4 is 32.3 Å². The lowest BCUT2D eigenvalue weighted by Gasteiger charge is -2.34. The SMILES string of the molecule is COc1ncc(-c2ccc3nn(C)c(-c4ccc(N5CCN(C)CC5)cc4)c3c2)cc1NS(=O)(=O)c1ccc(F)cc1F. The van der Waals surface area contributed by atoms with Gasteiger partial charge in [-0.25, -0.2) is 22.2 Å². The van der Waals surface area contributed by atoms with Gasteiger partial charge >= 0.3 is 0 Å². The number of aryl methyl sites for hydroxylation is 1. The molecule has 222 valence electrons. The molecule has 5 aromatic rings. The van der Waals surface area contributed by atoms with Crippen LogP contribution in [0.2, 0.25) is 0 Å². The van der Waals surface area contributed by atoms with Gasteiger partial charge in [0.1, 0.15) is 22.2 Å². The van der Waals surface area contributed by atoms with Crippen LogP contribution in [0, 0.1) is 11.6 Å². The van der Waals surface area contributed by atoms with Crippen LogP contribution in [0.25, 0.3) is 33.3 Å². The van der Waals surface area contributed by atoms with Crippen molar-refractivity contribution in [2.24, 2.45) is 7.05 Å². The first-order valence-electron chi connectivity index (χ1n) is 13.7. The number of aromatic nitrogens is 3. The Labute approximate surface area is 248 Å². The number of sulfonamides is 1. The van der Waals surface area contributed by atoms with Crippen molar-refractivity contribution in [1.29, 1.82) is 0 Å². The molecule has 12 heteroatoms. The molecule has 1 aliphatic heterocycles. The Hall–Kier alpha value is -4.55. The number of anilines is 2. The van der Waals surface area contributed by atoms with Gasteiger partial charge in [0.15, 0.2) is 0 Å². The van der Waals surface area contributed by atoms with E-state index in [0.29, 0.717) is 11.6 Å². The summed E-state index contributed by atoms with van der Waals surface area (Å²) < 4.78 is 63.1. The van der Waals surface area contributed by atoms with Crippen molar-refractivity contribution in [3.8, 4) is 28.3 Å². The molecular weight excluding hydrogens is 574 g/mol. The van der Waals surface area contributed by atoms with Crippen molar-refractivity contribution in [1.82, 2.24) is 19.7 Å². The standard InChI is InChI=1S/C31H30F2N6O3S/c1-37-12-14-39(15-13-37)24-8-4-20(5-9-24)30-25-16-21(6-10-27(25)35-38(30)2)22-17-28(31(42-3)34-19-22)36-43(40,41)29-11-7-23(32)18-26(29)33/h4-11,16-19,36H,12-15H2,1-3H3. The maximum absolute atomic E-state index is 14.3. The highest BCUT2D eigenvalue weighted by molar-refractivity contribution is 7.92. The van der Waals surface area contributed by atoms with Crippen LogP contribution in [-0.2, 0) is 17.1 Å². The van der Waals surface area contributed by atoms with Crippen LogP contribution in [0.3, 0.4) is 0 Å². The molecule has 0 unspecified atom stereocenters. The molecule has 0 amide bonds. The van der Waals surface area contributed by atoms with Gasteiger partial charge in [-0.3, -0.25) is 9.40 Å². The van der Waals surface area contributed by atoms with Crippen LogP contribution < -0.4 is 14.4 Å². The lowest BCUT2D eigenvalue weighted by Crippen LogP contribution is -2.44. The number of rotatable bonds is 7. The average molecular weight is 605 g/mol. The molecule has 1 aliphatic rings. The Morgan fingerprint density at radius 1 is 0.860 bits per heavy atom. The lowest BCUT2D eigenvalue weighted by molar-refractivity contribution is 0.313. The first-order chi connectivity index (χ1) is 20.6. The second-order valence-electron chi connectivity index (χ2n) is 10.5. The number of halogens is 2. The van der Waals surface area contributed by atoms with Gasteiger partial charge < -0.3 is 14.5 Å². The molecule has 0 saturated carbocycles. The van der Waals surface area contributed by atoms with E-state index in [1.54, 1.807) is 12.3 Å². The Morgan fingerprint density at radius 3 is 2.28 bits per heavy atom. The van der Waals surface area contributed by atoms with E-state index < -0.39 is 26.6 Å². The first-order valence-corrected chi connectivity index (χ1v) is 15.1. The molecular formula is C31H30F2N6O3S. The number of methoxy groups -OCH3 is 1. The third kappa shape index (κ3) is 5.63. The molecule has 9 nitrogen and oxygen atoms in total. The Bertz CT molecular complexity index is 1920. The summed E-state index contributed by atoms with van der Waals surface area (Å²) in [5.41, 5.74) is 5.32. The highest BCUT2D eigenvalue weighted by Crippen LogP contribution is 2.35. The number of hydrogen-bond donors (Lipinski definition) is 1. The molecule has 1 fully saturated rings. The van der Waals surface area contributed by atoms with E-state index in [1.807, 2.05) is 29.9 Å². The van der Waals surface area contributed by atoms with E-state index in [4.69, 9.17) is 9.84 Å². The number of ether oxygens (including phenoxy) is 1. The smallest absolute Gasteiger partial charge is 0.264 e. The van der Waals surface area contributed by atoms with Gasteiger partial charge in [0.2, 0.25) is 5.88 Å². The summed E-state index contributed by atoms with van der Waals surface area (Å²) in [6.45, 7) is 4.04. The Kier molecular flexibility index (Phi) is 7.49. The molecule has 1 N–H and O–H groups in total. The number of nitrogens with zero attached hydrogens (tertiary/aromatic N) is 5. The summed E-state index contributed by atoms with van der Waals surface area (Å²) in [5.74, 6) is -2.09. The monoisotopic (exact) mass is 604 g/mol. The summed E-state index contributed by atoms with van der Waals surface area (Å²) >= 11 is 0. The normalized spacial score (nSPS) is 14.3. The van der Waals surface area contributed by atoms with Gasteiger partial charge in [0.05, 0.1) is 18.3 Å². The minimum absolute atomic E-state index is 0.00145. The second kappa shape index (κ2) is 11.3. The molecule has 0 radical (unpaired) electrons. The van der Waals surface area contributed by atoms with Crippen LogP contribution in [0.4, 0.5) is 20.2 Å². The zero-order chi connectivity index (χ0) is 30.3. The fraction of sp³-hybridized carbons (Fsp3) is 0.226. The predicted octanol–water partition coefficient (Wildman–Crippen LogP) is 5.14. The van der Waals surface area contributed by atoms with Gasteiger partial charge in [-0.05, 0) is 55.1 Å². The van der Waals surface area contributed by atoms with Gasteiger partial charge in [-0.1, -0.05) is 18.2 Å². The minimum atomic E-state index is -4.41. The molecule has 3 aromatic carbocycles. The van der Waals surface area contributed by atoms with Gasteiger partial charge in [0, 0.05) is 67.7 Å². The van der Waals surface area contributed by atoms with E-state index in [1.165, 1.54) is 12.8 Å². The Morgan fingerprint density at radius 2 is 1.58 bits per heavy atom. The van der Waals surface area contributed by atoms with E-state index >= 15 is 0 Å². The van der Waals surface area contributed by atoms with Crippen LogP contribution >= 0.6 is 0 Å². The molecule has 0 spiro atoms. The minimum Gasteiger partial charge on any atom is -0.480 e. The molecule has 0 bridgehead atoms. The maximum Gasteiger partial charge on any atom is 0.264 e. The van der Waals surface area contributed by atoms with Crippen LogP contribution in [0.15, 0.2) is 77.8 Å². The maximum atomic E-state index is 14.3. The van der Waals surface area contributed by atoms with E-state index in [0.717, 1.165) is 66.0 Å². The van der Waals surface area contributed by atoms with Crippen molar-refractivity contribution < 1.29 is 21.9 Å². The molecule has 6 rings (SSSR count). The number of benzene rings is 3. The number of likely N-dealkylation sites (N-methyl/N-ethyl adjacent to an activating group) is 1. The number of fused-ring (bicyclic) bond motifs is 1. The molecule has 3 heterocycles. The fourth-order valence-electron chi connectivity index (χ4n) is 5.35. The third-order valence-corrected chi connectivity index (χ3v) is 9.05. The van der Waals surface area contributed by atoms with Crippen molar-refractivity contribution in [3.05, 3.63) is 84.6 Å². The van der Waals surface area contributed by atoms with Crippen LogP contribution in [0.1, 0.15) is 0 Å². The van der Waals surface area contributed by atoms with Crippen LogP contribution in [-0.4, -0.2) is 68.4 Å². The van der Waals surface area contributed by atoms with Gasteiger partial charge in [-0.2, -0.15) is 5.10 Å². The number of hydrogen-bond acceptors (Lipinski definition) is 7. The van der Waals surface area contributed by atoms with Crippen molar-refractivity contribution in [2.45, 2.75) is 4.90 Å². The summed E-state index contributed by atoms with van der Waals surface area (Å²) in [7, 11) is 0.977. The molecule has 1 saturated heterocycles. The van der Waals surface area contributed by atoms with Gasteiger partial charge in [-0.15, -0.1) is 0 Å². The molecule has 2 aromatic heterocycles. The van der Waals surface area contributed by atoms with Crippen molar-refractivity contribution in [2.75, 3.05) is 50.0 Å². The first kappa shape index (κ1) is 28.6. The van der Waals surface area contributed by atoms with Crippen LogP contribution in [0.5, 0.6) is 5.88 Å². The zero-order valence-corrected chi connectivity index (χ0v) is 24.7. The van der Waals surface area contributed by atoms with E-state index in [2.05, 4.69) is 50.8 Å². The molecule has 43 heavy (non-hydrogen) atoms. The van der Waals surface area contributed by atoms with Crippen molar-refractivity contribution in [3.63, 3.8) is 0 Å². The fourth-order valence-corrected chi connectivity index (χ4v) is 6.46. The third-order valence-electron chi connectivity index (χ3n) is 7.65. The topological polar surface area (TPSA) is 92.6 Å². The predicted molar refractivity (Wildman–Crippen MR) is 163 cm³/mol. The molecule has 0 atom stereocenters. The van der Waals surface area contributed by atoms with Gasteiger partial charge in [0.25, 0.3) is 10.0 Å². The number of piperazine rings is 1. The summed E-state index contributed by atoms with van der Waals surface area (Å²) in [4.78, 5) is 8.30. The number of nitrogens with one attached hydrogen (secondary N) is 1. The Balaban J connectivity index is 1.34. The summed E-state index contributed by atoms with van der Waals surface area (Å²) in [5, 5.41) is 5.61. The molecule has 0 aliphatic carbocycles. The quantitative estimate of drug-likeness (QED) is 0.275. The lowest BCUT2D eigenvalue weighted by atomic mass is 10.0. The second-order valence-corrected chi connectivity index (χ2v) is 12.2. The number of pyridine rings is 1. The summed E-state index contributed by atoms with van der Waals surface area (Å²) in [6, 6.07) is 18.1.